The number of anilines is 1. The Morgan fingerprint density at radius 3 is 2.54 bits per heavy atom. The molecule has 0 radical (unpaired) electrons. The SMILES string of the molecule is COC(=O)Cc1cc(N(C)Cc2ccccc2)c2ccccc2n1. The Bertz CT molecular complexity index is 847. The maximum absolute atomic E-state index is 11.6. The predicted octanol–water partition coefficient (Wildman–Crippen LogP) is 3.59. The summed E-state index contributed by atoms with van der Waals surface area (Å²) in [5, 5.41) is 1.07. The zero-order valence-electron chi connectivity index (χ0n) is 13.9. The molecule has 3 rings (SSSR count). The monoisotopic (exact) mass is 320 g/mol. The lowest BCUT2D eigenvalue weighted by Crippen LogP contribution is -2.17. The van der Waals surface area contributed by atoms with Crippen LogP contribution in [0.5, 0.6) is 0 Å². The second kappa shape index (κ2) is 7.13. The Labute approximate surface area is 141 Å². The lowest BCUT2D eigenvalue weighted by molar-refractivity contribution is -0.139. The fourth-order valence-corrected chi connectivity index (χ4v) is 2.78. The topological polar surface area (TPSA) is 42.4 Å². The van der Waals surface area contributed by atoms with Gasteiger partial charge in [-0.15, -0.1) is 0 Å². The van der Waals surface area contributed by atoms with E-state index >= 15 is 0 Å². The van der Waals surface area contributed by atoms with E-state index in [4.69, 9.17) is 4.74 Å². The van der Waals surface area contributed by atoms with Crippen molar-refractivity contribution in [2.45, 2.75) is 13.0 Å². The number of aromatic nitrogens is 1. The molecule has 24 heavy (non-hydrogen) atoms. The first-order chi connectivity index (χ1) is 11.7. The summed E-state index contributed by atoms with van der Waals surface area (Å²) < 4.78 is 4.77. The van der Waals surface area contributed by atoms with E-state index in [1.54, 1.807) is 0 Å². The van der Waals surface area contributed by atoms with Crippen molar-refractivity contribution in [2.75, 3.05) is 19.1 Å². The Morgan fingerprint density at radius 1 is 1.08 bits per heavy atom. The summed E-state index contributed by atoms with van der Waals surface area (Å²) in [5.74, 6) is -0.283. The Morgan fingerprint density at radius 2 is 1.79 bits per heavy atom. The third kappa shape index (κ3) is 3.54. The quantitative estimate of drug-likeness (QED) is 0.674. The van der Waals surface area contributed by atoms with Gasteiger partial charge in [0.05, 0.1) is 24.7 Å². The Kier molecular flexibility index (Phi) is 4.75. The van der Waals surface area contributed by atoms with E-state index in [0.29, 0.717) is 0 Å². The van der Waals surface area contributed by atoms with Crippen molar-refractivity contribution >= 4 is 22.6 Å². The second-order valence-electron chi connectivity index (χ2n) is 5.74. The van der Waals surface area contributed by atoms with E-state index < -0.39 is 0 Å². The highest BCUT2D eigenvalue weighted by molar-refractivity contribution is 5.92. The van der Waals surface area contributed by atoms with Gasteiger partial charge in [-0.2, -0.15) is 0 Å². The number of esters is 1. The van der Waals surface area contributed by atoms with Crippen molar-refractivity contribution in [3.63, 3.8) is 0 Å². The maximum atomic E-state index is 11.6. The number of benzene rings is 2. The molecule has 4 heteroatoms. The molecule has 0 atom stereocenters. The van der Waals surface area contributed by atoms with E-state index in [9.17, 15) is 4.79 Å². The number of pyridine rings is 1. The molecule has 0 amide bonds. The zero-order valence-corrected chi connectivity index (χ0v) is 13.9. The third-order valence-electron chi connectivity index (χ3n) is 3.97. The average molecular weight is 320 g/mol. The Hall–Kier alpha value is -2.88. The fourth-order valence-electron chi connectivity index (χ4n) is 2.78. The smallest absolute Gasteiger partial charge is 0.311 e. The summed E-state index contributed by atoms with van der Waals surface area (Å²) in [6.07, 6.45) is 0.174. The first kappa shape index (κ1) is 16.0. The van der Waals surface area contributed by atoms with Crippen molar-refractivity contribution in [3.8, 4) is 0 Å². The number of carbonyl (C=O) groups is 1. The van der Waals surface area contributed by atoms with E-state index in [2.05, 4.69) is 35.1 Å². The van der Waals surface area contributed by atoms with E-state index in [1.807, 2.05) is 42.5 Å². The van der Waals surface area contributed by atoms with Gasteiger partial charge in [0.2, 0.25) is 0 Å². The molecule has 4 nitrogen and oxygen atoms in total. The van der Waals surface area contributed by atoms with Gasteiger partial charge in [0, 0.05) is 24.7 Å². The molecule has 0 saturated heterocycles. The molecular formula is C20H20N2O2. The molecule has 0 aliphatic rings. The predicted molar refractivity (Wildman–Crippen MR) is 96.0 cm³/mol. The van der Waals surface area contributed by atoms with Crippen molar-refractivity contribution in [3.05, 3.63) is 71.9 Å². The van der Waals surface area contributed by atoms with Crippen LogP contribution in [0.1, 0.15) is 11.3 Å². The summed E-state index contributed by atoms with van der Waals surface area (Å²) in [5.41, 5.74) is 3.89. The fraction of sp³-hybridized carbons (Fsp3) is 0.200. The molecule has 2 aromatic carbocycles. The van der Waals surface area contributed by atoms with E-state index in [-0.39, 0.29) is 12.4 Å². The van der Waals surface area contributed by atoms with E-state index in [1.165, 1.54) is 12.7 Å². The molecule has 1 heterocycles. The van der Waals surface area contributed by atoms with Gasteiger partial charge in [0.15, 0.2) is 0 Å². The Balaban J connectivity index is 1.99. The molecule has 122 valence electrons. The van der Waals surface area contributed by atoms with Crippen LogP contribution in [-0.2, 0) is 22.5 Å². The molecule has 0 saturated carbocycles. The molecular weight excluding hydrogens is 300 g/mol. The minimum atomic E-state index is -0.283. The molecule has 0 fully saturated rings. The van der Waals surface area contributed by atoms with Gasteiger partial charge in [-0.3, -0.25) is 9.78 Å². The van der Waals surface area contributed by atoms with Crippen LogP contribution in [0.2, 0.25) is 0 Å². The van der Waals surface area contributed by atoms with Crippen molar-refractivity contribution in [2.24, 2.45) is 0 Å². The van der Waals surface area contributed by atoms with Gasteiger partial charge in [-0.1, -0.05) is 48.5 Å². The average Bonchev–Trinajstić information content (AvgIpc) is 2.61. The first-order valence-corrected chi connectivity index (χ1v) is 7.88. The summed E-state index contributed by atoms with van der Waals surface area (Å²) in [7, 11) is 3.45. The third-order valence-corrected chi connectivity index (χ3v) is 3.97. The van der Waals surface area contributed by atoms with Gasteiger partial charge in [-0.25, -0.2) is 0 Å². The number of ether oxygens (including phenoxy) is 1. The normalized spacial score (nSPS) is 10.6. The van der Waals surface area contributed by atoms with Crippen LogP contribution in [0.4, 0.5) is 5.69 Å². The van der Waals surface area contributed by atoms with Crippen LogP contribution in [-0.4, -0.2) is 25.1 Å². The molecule has 0 bridgehead atoms. The van der Waals surface area contributed by atoms with Crippen LogP contribution in [0.3, 0.4) is 0 Å². The highest BCUT2D eigenvalue weighted by Gasteiger charge is 2.12. The zero-order chi connectivity index (χ0) is 16.9. The number of nitrogens with zero attached hydrogens (tertiary/aromatic N) is 2. The van der Waals surface area contributed by atoms with Crippen LogP contribution in [0, 0.1) is 0 Å². The van der Waals surface area contributed by atoms with Crippen LogP contribution in [0.25, 0.3) is 10.9 Å². The second-order valence-corrected chi connectivity index (χ2v) is 5.74. The lowest BCUT2D eigenvalue weighted by Gasteiger charge is -2.22. The number of methoxy groups -OCH3 is 1. The maximum Gasteiger partial charge on any atom is 0.311 e. The largest absolute Gasteiger partial charge is 0.469 e. The summed E-state index contributed by atoms with van der Waals surface area (Å²) >= 11 is 0. The minimum Gasteiger partial charge on any atom is -0.469 e. The van der Waals surface area contributed by atoms with Crippen LogP contribution in [0.15, 0.2) is 60.7 Å². The molecule has 0 unspecified atom stereocenters. The molecule has 0 N–H and O–H groups in total. The number of rotatable bonds is 5. The number of carbonyl (C=O) groups excluding carboxylic acids is 1. The van der Waals surface area contributed by atoms with Gasteiger partial charge in [0.25, 0.3) is 0 Å². The number of para-hydroxylation sites is 1. The molecule has 0 spiro atoms. The summed E-state index contributed by atoms with van der Waals surface area (Å²) in [6, 6.07) is 20.3. The molecule has 3 aromatic rings. The van der Waals surface area contributed by atoms with Crippen molar-refractivity contribution in [1.82, 2.24) is 4.98 Å². The van der Waals surface area contributed by atoms with Crippen molar-refractivity contribution < 1.29 is 9.53 Å². The molecule has 0 aliphatic heterocycles. The highest BCUT2D eigenvalue weighted by atomic mass is 16.5. The van der Waals surface area contributed by atoms with Crippen LogP contribution >= 0.6 is 0 Å². The van der Waals surface area contributed by atoms with Gasteiger partial charge in [-0.05, 0) is 17.7 Å². The molecule has 1 aromatic heterocycles. The van der Waals surface area contributed by atoms with Gasteiger partial charge < -0.3 is 9.64 Å². The summed E-state index contributed by atoms with van der Waals surface area (Å²) in [4.78, 5) is 18.4. The van der Waals surface area contributed by atoms with Gasteiger partial charge in [0.1, 0.15) is 0 Å². The first-order valence-electron chi connectivity index (χ1n) is 7.88. The standard InChI is InChI=1S/C20H20N2O2/c1-22(14-15-8-4-3-5-9-15)19-12-16(13-20(23)24-2)21-18-11-7-6-10-17(18)19/h3-12H,13-14H2,1-2H3. The van der Waals surface area contributed by atoms with E-state index in [0.717, 1.165) is 28.8 Å². The summed E-state index contributed by atoms with van der Waals surface area (Å²) in [6.45, 7) is 0.784. The number of hydrogen-bond donors (Lipinski definition) is 0. The molecule has 0 aliphatic carbocycles. The number of hydrogen-bond acceptors (Lipinski definition) is 4. The lowest BCUT2D eigenvalue weighted by atomic mass is 10.1. The number of fused-ring (bicyclic) bond motifs is 1. The van der Waals surface area contributed by atoms with Crippen LogP contribution < -0.4 is 4.90 Å². The highest BCUT2D eigenvalue weighted by Crippen LogP contribution is 2.27. The van der Waals surface area contributed by atoms with Gasteiger partial charge >= 0.3 is 5.97 Å². The minimum absolute atomic E-state index is 0.174. The van der Waals surface area contributed by atoms with Crippen molar-refractivity contribution in [1.29, 1.82) is 0 Å².